The number of nitrogens with zero attached hydrogens (tertiary/aromatic N) is 1. The molecule has 0 radical (unpaired) electrons. The van der Waals surface area contributed by atoms with Crippen molar-refractivity contribution in [2.24, 2.45) is 5.92 Å². The molecule has 0 bridgehead atoms. The zero-order valence-electron chi connectivity index (χ0n) is 13.0. The highest BCUT2D eigenvalue weighted by Gasteiger charge is 2.27. The molecular weight excluding hydrogens is 286 g/mol. The standard InChI is InChI=1S/C16H23NO5/c1-21-15-4-3-11(16(20)22-2)7-13(15)8-17-6-5-12(10-18)14(19)9-17/h3-4,7,12,14,18-19H,5-6,8-10H2,1-2H3/t12-,14-/m1/s1. The molecule has 1 aromatic rings. The van der Waals surface area contributed by atoms with Crippen LogP contribution in [0, 0.1) is 5.92 Å². The van der Waals surface area contributed by atoms with E-state index in [4.69, 9.17) is 9.47 Å². The minimum atomic E-state index is -0.534. The number of piperidine rings is 1. The fourth-order valence-electron chi connectivity index (χ4n) is 2.79. The first-order valence-corrected chi connectivity index (χ1v) is 7.35. The van der Waals surface area contributed by atoms with Crippen LogP contribution in [-0.2, 0) is 11.3 Å². The van der Waals surface area contributed by atoms with Crippen LogP contribution >= 0.6 is 0 Å². The van der Waals surface area contributed by atoms with Crippen molar-refractivity contribution in [2.75, 3.05) is 33.9 Å². The van der Waals surface area contributed by atoms with E-state index in [9.17, 15) is 15.0 Å². The first kappa shape index (κ1) is 16.7. The van der Waals surface area contributed by atoms with E-state index in [-0.39, 0.29) is 18.5 Å². The number of carbonyl (C=O) groups is 1. The number of aliphatic hydroxyl groups excluding tert-OH is 2. The predicted molar refractivity (Wildman–Crippen MR) is 80.8 cm³/mol. The topological polar surface area (TPSA) is 79.2 Å². The summed E-state index contributed by atoms with van der Waals surface area (Å²) >= 11 is 0. The lowest BCUT2D eigenvalue weighted by molar-refractivity contribution is -0.00465. The maximum Gasteiger partial charge on any atom is 0.337 e. The molecule has 1 fully saturated rings. The quantitative estimate of drug-likeness (QED) is 0.778. The Morgan fingerprint density at radius 2 is 2.18 bits per heavy atom. The molecule has 0 amide bonds. The van der Waals surface area contributed by atoms with Crippen LogP contribution in [0.2, 0.25) is 0 Å². The first-order valence-electron chi connectivity index (χ1n) is 7.35. The molecule has 0 saturated carbocycles. The minimum Gasteiger partial charge on any atom is -0.496 e. The average Bonchev–Trinajstić information content (AvgIpc) is 2.54. The Balaban J connectivity index is 2.12. The van der Waals surface area contributed by atoms with Gasteiger partial charge in [0.05, 0.1) is 25.9 Å². The highest BCUT2D eigenvalue weighted by Crippen LogP contribution is 2.25. The van der Waals surface area contributed by atoms with E-state index >= 15 is 0 Å². The van der Waals surface area contributed by atoms with Gasteiger partial charge in [-0.25, -0.2) is 4.79 Å². The molecule has 0 aliphatic carbocycles. The number of hydrogen-bond donors (Lipinski definition) is 2. The lowest BCUT2D eigenvalue weighted by atomic mass is 9.94. The molecular formula is C16H23NO5. The molecule has 0 spiro atoms. The van der Waals surface area contributed by atoms with Gasteiger partial charge < -0.3 is 19.7 Å². The summed E-state index contributed by atoms with van der Waals surface area (Å²) in [6.07, 6.45) is 0.213. The lowest BCUT2D eigenvalue weighted by Gasteiger charge is -2.35. The van der Waals surface area contributed by atoms with Crippen LogP contribution in [0.25, 0.3) is 0 Å². The number of esters is 1. The fourth-order valence-corrected chi connectivity index (χ4v) is 2.79. The summed E-state index contributed by atoms with van der Waals surface area (Å²) in [6.45, 7) is 1.87. The van der Waals surface area contributed by atoms with Crippen molar-refractivity contribution in [3.63, 3.8) is 0 Å². The van der Waals surface area contributed by atoms with E-state index in [0.29, 0.717) is 24.4 Å². The predicted octanol–water partition coefficient (Wildman–Crippen LogP) is 0.657. The van der Waals surface area contributed by atoms with Crippen molar-refractivity contribution in [2.45, 2.75) is 19.1 Å². The summed E-state index contributed by atoms with van der Waals surface area (Å²) in [5.74, 6) is 0.258. The molecule has 0 unspecified atom stereocenters. The number of β-amino-alcohol motifs (C(OH)–C–C–N with tert-alkyl or cyclic N) is 1. The zero-order chi connectivity index (χ0) is 16.1. The largest absolute Gasteiger partial charge is 0.496 e. The molecule has 1 saturated heterocycles. The van der Waals surface area contributed by atoms with Crippen molar-refractivity contribution in [1.29, 1.82) is 0 Å². The average molecular weight is 309 g/mol. The first-order chi connectivity index (χ1) is 10.6. The Morgan fingerprint density at radius 3 is 2.77 bits per heavy atom. The number of hydrogen-bond acceptors (Lipinski definition) is 6. The van der Waals surface area contributed by atoms with Gasteiger partial charge in [-0.05, 0) is 31.2 Å². The number of methoxy groups -OCH3 is 2. The fraction of sp³-hybridized carbons (Fsp3) is 0.562. The van der Waals surface area contributed by atoms with Gasteiger partial charge in [-0.2, -0.15) is 0 Å². The van der Waals surface area contributed by atoms with Gasteiger partial charge in [0.15, 0.2) is 0 Å². The van der Waals surface area contributed by atoms with Crippen molar-refractivity contribution in [3.05, 3.63) is 29.3 Å². The summed E-state index contributed by atoms with van der Waals surface area (Å²) in [5.41, 5.74) is 1.35. The number of carbonyl (C=O) groups excluding carboxylic acids is 1. The second kappa shape index (κ2) is 7.58. The summed E-state index contributed by atoms with van der Waals surface area (Å²) in [4.78, 5) is 13.7. The van der Waals surface area contributed by atoms with Gasteiger partial charge in [0.2, 0.25) is 0 Å². The molecule has 0 aromatic heterocycles. The van der Waals surface area contributed by atoms with Crippen molar-refractivity contribution in [3.8, 4) is 5.75 Å². The molecule has 2 N–H and O–H groups in total. The molecule has 22 heavy (non-hydrogen) atoms. The molecule has 6 nitrogen and oxygen atoms in total. The number of likely N-dealkylation sites (tertiary alicyclic amines) is 1. The maximum absolute atomic E-state index is 11.6. The number of ether oxygens (including phenoxy) is 2. The minimum absolute atomic E-state index is 0.0101. The zero-order valence-corrected chi connectivity index (χ0v) is 13.0. The van der Waals surface area contributed by atoms with Crippen molar-refractivity contribution >= 4 is 5.97 Å². The Hall–Kier alpha value is -1.63. The Labute approximate surface area is 130 Å². The van der Waals surface area contributed by atoms with Crippen LogP contribution in [0.5, 0.6) is 5.75 Å². The van der Waals surface area contributed by atoms with Crippen LogP contribution < -0.4 is 4.74 Å². The number of benzene rings is 1. The van der Waals surface area contributed by atoms with Gasteiger partial charge in [0, 0.05) is 31.2 Å². The van der Waals surface area contributed by atoms with Crippen LogP contribution in [0.3, 0.4) is 0 Å². The van der Waals surface area contributed by atoms with Crippen LogP contribution in [0.4, 0.5) is 0 Å². The highest BCUT2D eigenvalue weighted by atomic mass is 16.5. The lowest BCUT2D eigenvalue weighted by Crippen LogP contribution is -2.44. The van der Waals surface area contributed by atoms with E-state index in [1.54, 1.807) is 25.3 Å². The van der Waals surface area contributed by atoms with E-state index in [0.717, 1.165) is 18.5 Å². The summed E-state index contributed by atoms with van der Waals surface area (Å²) < 4.78 is 10.1. The normalized spacial score (nSPS) is 22.4. The Bertz CT molecular complexity index is 519. The second-order valence-corrected chi connectivity index (χ2v) is 5.55. The molecule has 122 valence electrons. The SMILES string of the molecule is COC(=O)c1ccc(OC)c(CN2CC[C@H](CO)[C@H](O)C2)c1. The molecule has 6 heteroatoms. The van der Waals surface area contributed by atoms with Crippen LogP contribution in [0.1, 0.15) is 22.3 Å². The monoisotopic (exact) mass is 309 g/mol. The van der Waals surface area contributed by atoms with E-state index < -0.39 is 6.10 Å². The van der Waals surface area contributed by atoms with Crippen molar-refractivity contribution < 1.29 is 24.5 Å². The maximum atomic E-state index is 11.6. The molecule has 1 aliphatic rings. The smallest absolute Gasteiger partial charge is 0.337 e. The van der Waals surface area contributed by atoms with E-state index in [2.05, 4.69) is 4.90 Å². The van der Waals surface area contributed by atoms with Gasteiger partial charge in [0.25, 0.3) is 0 Å². The van der Waals surface area contributed by atoms with Crippen LogP contribution in [0.15, 0.2) is 18.2 Å². The Morgan fingerprint density at radius 1 is 1.41 bits per heavy atom. The van der Waals surface area contributed by atoms with Crippen LogP contribution in [-0.4, -0.2) is 61.1 Å². The van der Waals surface area contributed by atoms with Crippen molar-refractivity contribution in [1.82, 2.24) is 4.90 Å². The third-order valence-corrected chi connectivity index (χ3v) is 4.14. The highest BCUT2D eigenvalue weighted by molar-refractivity contribution is 5.89. The van der Waals surface area contributed by atoms with E-state index in [1.807, 2.05) is 0 Å². The summed E-state index contributed by atoms with van der Waals surface area (Å²) in [5, 5.41) is 19.2. The van der Waals surface area contributed by atoms with Gasteiger partial charge >= 0.3 is 5.97 Å². The molecule has 2 atom stereocenters. The van der Waals surface area contributed by atoms with E-state index in [1.165, 1.54) is 7.11 Å². The molecule has 1 heterocycles. The Kier molecular flexibility index (Phi) is 5.76. The summed E-state index contributed by atoms with van der Waals surface area (Å²) in [6, 6.07) is 5.18. The van der Waals surface area contributed by atoms with Gasteiger partial charge in [-0.3, -0.25) is 4.90 Å². The second-order valence-electron chi connectivity index (χ2n) is 5.55. The number of rotatable bonds is 5. The molecule has 1 aromatic carbocycles. The molecule has 2 rings (SSSR count). The van der Waals surface area contributed by atoms with Gasteiger partial charge in [0.1, 0.15) is 5.75 Å². The van der Waals surface area contributed by atoms with Gasteiger partial charge in [-0.15, -0.1) is 0 Å². The summed E-state index contributed by atoms with van der Waals surface area (Å²) in [7, 11) is 2.94. The third-order valence-electron chi connectivity index (χ3n) is 4.14. The van der Waals surface area contributed by atoms with Gasteiger partial charge in [-0.1, -0.05) is 0 Å². The number of aliphatic hydroxyl groups is 2. The third kappa shape index (κ3) is 3.76. The molecule has 1 aliphatic heterocycles.